The van der Waals surface area contributed by atoms with Gasteiger partial charge in [-0.2, -0.15) is 11.8 Å². The molecule has 0 fully saturated rings. The van der Waals surface area contributed by atoms with Crippen LogP contribution in [0.5, 0.6) is 0 Å². The average molecular weight is 296 g/mol. The first-order valence-corrected chi connectivity index (χ1v) is 7.66. The lowest BCUT2D eigenvalue weighted by Crippen LogP contribution is -2.43. The zero-order valence-electron chi connectivity index (χ0n) is 10.3. The number of thioether (sulfide) groups is 1. The minimum absolute atomic E-state index is 0.0570. The maximum Gasteiger partial charge on any atom is 0.236 e. The van der Waals surface area contributed by atoms with Crippen molar-refractivity contribution in [3.05, 3.63) is 0 Å². The third-order valence-electron chi connectivity index (χ3n) is 2.55. The Morgan fingerprint density at radius 2 is 2.00 bits per heavy atom. The van der Waals surface area contributed by atoms with Crippen molar-refractivity contribution in [1.29, 1.82) is 0 Å². The minimum Gasteiger partial charge on any atom is -0.341 e. The van der Waals surface area contributed by atoms with E-state index >= 15 is 0 Å². The molecule has 4 heteroatoms. The quantitative estimate of drug-likeness (QED) is 0.702. The summed E-state index contributed by atoms with van der Waals surface area (Å²) in [5, 5.41) is 0. The number of rotatable bonds is 6. The molecule has 0 aliphatic heterocycles. The molecule has 15 heavy (non-hydrogen) atoms. The Labute approximate surface area is 106 Å². The summed E-state index contributed by atoms with van der Waals surface area (Å²) in [5.41, 5.74) is 0. The highest BCUT2D eigenvalue weighted by molar-refractivity contribution is 9.10. The van der Waals surface area contributed by atoms with E-state index in [9.17, 15) is 4.79 Å². The van der Waals surface area contributed by atoms with Gasteiger partial charge in [-0.3, -0.25) is 4.79 Å². The van der Waals surface area contributed by atoms with E-state index in [0.717, 1.165) is 12.2 Å². The Hall–Kier alpha value is 0.300. The van der Waals surface area contributed by atoms with E-state index in [0.29, 0.717) is 12.0 Å². The molecule has 0 heterocycles. The van der Waals surface area contributed by atoms with Gasteiger partial charge in [0, 0.05) is 18.8 Å². The first kappa shape index (κ1) is 15.3. The smallest absolute Gasteiger partial charge is 0.236 e. The minimum atomic E-state index is -0.0570. The molecule has 2 atom stereocenters. The molecule has 0 saturated carbocycles. The van der Waals surface area contributed by atoms with Crippen LogP contribution in [0.3, 0.4) is 0 Å². The van der Waals surface area contributed by atoms with Crippen molar-refractivity contribution >= 4 is 33.6 Å². The second-order valence-electron chi connectivity index (χ2n) is 4.11. The normalized spacial score (nSPS) is 15.1. The number of carbonyl (C=O) groups is 1. The lowest BCUT2D eigenvalue weighted by Gasteiger charge is -2.29. The lowest BCUT2D eigenvalue weighted by atomic mass is 10.1. The molecule has 0 aliphatic rings. The average Bonchev–Trinajstić information content (AvgIpc) is 2.22. The monoisotopic (exact) mass is 295 g/mol. The number of carbonyl (C=O) groups excluding carboxylic acids is 1. The van der Waals surface area contributed by atoms with E-state index in [4.69, 9.17) is 0 Å². The molecule has 0 aliphatic carbocycles. The molecule has 0 saturated heterocycles. The third kappa shape index (κ3) is 4.77. The van der Waals surface area contributed by atoms with Crippen LogP contribution >= 0.6 is 27.7 Å². The van der Waals surface area contributed by atoms with Crippen LogP contribution in [-0.4, -0.2) is 40.7 Å². The maximum atomic E-state index is 12.0. The second-order valence-corrected chi connectivity index (χ2v) is 6.01. The van der Waals surface area contributed by atoms with Crippen LogP contribution in [0.1, 0.15) is 27.2 Å². The number of hydrogen-bond donors (Lipinski definition) is 0. The highest BCUT2D eigenvalue weighted by Crippen LogP contribution is 2.17. The summed E-state index contributed by atoms with van der Waals surface area (Å²) in [6, 6.07) is 0.353. The van der Waals surface area contributed by atoms with Crippen LogP contribution in [0.4, 0.5) is 0 Å². The van der Waals surface area contributed by atoms with Gasteiger partial charge in [0.15, 0.2) is 0 Å². The van der Waals surface area contributed by atoms with Crippen molar-refractivity contribution in [2.75, 3.05) is 19.1 Å². The predicted octanol–water partition coefficient (Wildman–Crippen LogP) is 3.01. The molecule has 1 amide bonds. The molecule has 0 aromatic rings. The summed E-state index contributed by atoms with van der Waals surface area (Å²) in [7, 11) is 1.91. The Morgan fingerprint density at radius 3 is 2.33 bits per heavy atom. The summed E-state index contributed by atoms with van der Waals surface area (Å²) in [6.07, 6.45) is 3.09. The van der Waals surface area contributed by atoms with Crippen molar-refractivity contribution < 1.29 is 4.79 Å². The van der Waals surface area contributed by atoms with Gasteiger partial charge in [0.25, 0.3) is 0 Å². The summed E-state index contributed by atoms with van der Waals surface area (Å²) >= 11 is 5.25. The zero-order valence-corrected chi connectivity index (χ0v) is 12.7. The number of amides is 1. The van der Waals surface area contributed by atoms with Gasteiger partial charge in [-0.25, -0.2) is 0 Å². The highest BCUT2D eigenvalue weighted by Gasteiger charge is 2.25. The van der Waals surface area contributed by atoms with E-state index in [1.54, 1.807) is 11.8 Å². The maximum absolute atomic E-state index is 12.0. The van der Waals surface area contributed by atoms with Gasteiger partial charge in [0.05, 0.1) is 4.83 Å². The second kappa shape index (κ2) is 7.55. The van der Waals surface area contributed by atoms with E-state index in [-0.39, 0.29) is 10.7 Å². The van der Waals surface area contributed by atoms with E-state index in [1.807, 2.05) is 11.9 Å². The molecular weight excluding hydrogens is 274 g/mol. The SMILES string of the molecule is CCC(CSC)N(C)C(=O)C(Br)C(C)C. The first-order chi connectivity index (χ1) is 6.95. The van der Waals surface area contributed by atoms with E-state index in [2.05, 4.69) is 43.0 Å². The largest absolute Gasteiger partial charge is 0.341 e. The fraction of sp³-hybridized carbons (Fsp3) is 0.909. The van der Waals surface area contributed by atoms with Crippen molar-refractivity contribution in [3.8, 4) is 0 Å². The molecule has 2 nitrogen and oxygen atoms in total. The Balaban J connectivity index is 4.39. The Morgan fingerprint density at radius 1 is 1.47 bits per heavy atom. The number of hydrogen-bond acceptors (Lipinski definition) is 2. The number of nitrogens with zero attached hydrogens (tertiary/aromatic N) is 1. The third-order valence-corrected chi connectivity index (χ3v) is 4.71. The molecule has 0 spiro atoms. The van der Waals surface area contributed by atoms with Crippen LogP contribution in [-0.2, 0) is 4.79 Å². The van der Waals surface area contributed by atoms with Gasteiger partial charge in [-0.1, -0.05) is 36.7 Å². The standard InChI is InChI=1S/C11H22BrNOS/c1-6-9(7-15-5)13(4)11(14)10(12)8(2)3/h8-10H,6-7H2,1-5H3. The molecule has 90 valence electrons. The fourth-order valence-corrected chi connectivity index (χ4v) is 2.52. The van der Waals surface area contributed by atoms with Crippen LogP contribution in [0.15, 0.2) is 0 Å². The predicted molar refractivity (Wildman–Crippen MR) is 72.8 cm³/mol. The van der Waals surface area contributed by atoms with Gasteiger partial charge in [0.1, 0.15) is 0 Å². The van der Waals surface area contributed by atoms with Gasteiger partial charge in [0.2, 0.25) is 5.91 Å². The Kier molecular flexibility index (Phi) is 7.70. The first-order valence-electron chi connectivity index (χ1n) is 5.35. The van der Waals surface area contributed by atoms with E-state index in [1.165, 1.54) is 0 Å². The van der Waals surface area contributed by atoms with E-state index < -0.39 is 0 Å². The highest BCUT2D eigenvalue weighted by atomic mass is 79.9. The van der Waals surface area contributed by atoms with Gasteiger partial charge in [-0.05, 0) is 18.6 Å². The van der Waals surface area contributed by atoms with Gasteiger partial charge < -0.3 is 4.90 Å². The van der Waals surface area contributed by atoms with Gasteiger partial charge >= 0.3 is 0 Å². The van der Waals surface area contributed by atoms with Crippen molar-refractivity contribution in [2.45, 2.75) is 38.1 Å². The summed E-state index contributed by atoms with van der Waals surface area (Å²) in [5.74, 6) is 1.55. The van der Waals surface area contributed by atoms with Crippen molar-refractivity contribution in [2.24, 2.45) is 5.92 Å². The van der Waals surface area contributed by atoms with Crippen LogP contribution in [0.2, 0.25) is 0 Å². The zero-order chi connectivity index (χ0) is 12.0. The van der Waals surface area contributed by atoms with Crippen molar-refractivity contribution in [1.82, 2.24) is 4.90 Å². The summed E-state index contributed by atoms with van der Waals surface area (Å²) < 4.78 is 0. The lowest BCUT2D eigenvalue weighted by molar-refractivity contribution is -0.131. The topological polar surface area (TPSA) is 20.3 Å². The van der Waals surface area contributed by atoms with Crippen LogP contribution < -0.4 is 0 Å². The molecule has 0 rings (SSSR count). The number of halogens is 1. The summed E-state index contributed by atoms with van der Waals surface area (Å²) in [4.78, 5) is 13.9. The van der Waals surface area contributed by atoms with Crippen molar-refractivity contribution in [3.63, 3.8) is 0 Å². The molecule has 0 N–H and O–H groups in total. The fourth-order valence-electron chi connectivity index (χ4n) is 1.36. The van der Waals surface area contributed by atoms with Crippen LogP contribution in [0.25, 0.3) is 0 Å². The number of alkyl halides is 1. The Bertz CT molecular complexity index is 199. The molecule has 0 aromatic heterocycles. The van der Waals surface area contributed by atoms with Crippen LogP contribution in [0, 0.1) is 5.92 Å². The molecule has 0 bridgehead atoms. The molecular formula is C11H22BrNOS. The summed E-state index contributed by atoms with van der Waals surface area (Å²) in [6.45, 7) is 6.24. The molecule has 0 radical (unpaired) electrons. The van der Waals surface area contributed by atoms with Gasteiger partial charge in [-0.15, -0.1) is 0 Å². The molecule has 2 unspecified atom stereocenters. The molecule has 0 aromatic carbocycles.